The second kappa shape index (κ2) is 8.94. The maximum atomic E-state index is 12.9. The number of carbonyl (C=O) groups excluding carboxylic acids is 2. The number of nitrogens with one attached hydrogen (secondary N) is 1. The van der Waals surface area contributed by atoms with E-state index in [1.807, 2.05) is 5.38 Å². The van der Waals surface area contributed by atoms with Gasteiger partial charge in [0.2, 0.25) is 5.91 Å². The van der Waals surface area contributed by atoms with Gasteiger partial charge >= 0.3 is 0 Å². The smallest absolute Gasteiger partial charge is 0.260 e. The van der Waals surface area contributed by atoms with E-state index in [1.54, 1.807) is 16.2 Å². The Labute approximate surface area is 161 Å². The summed E-state index contributed by atoms with van der Waals surface area (Å²) >= 11 is 1.57. The van der Waals surface area contributed by atoms with E-state index in [0.717, 1.165) is 23.5 Å². The lowest BCUT2D eigenvalue weighted by molar-refractivity contribution is -0.134. The molecule has 0 radical (unpaired) electrons. The molecule has 27 heavy (non-hydrogen) atoms. The number of benzene rings is 1. The van der Waals surface area contributed by atoms with Gasteiger partial charge in [0.15, 0.2) is 6.61 Å². The largest absolute Gasteiger partial charge is 0.484 e. The van der Waals surface area contributed by atoms with E-state index in [2.05, 4.69) is 10.3 Å². The summed E-state index contributed by atoms with van der Waals surface area (Å²) < 4.78 is 18.4. The van der Waals surface area contributed by atoms with Crippen LogP contribution in [0.25, 0.3) is 0 Å². The van der Waals surface area contributed by atoms with Gasteiger partial charge in [-0.2, -0.15) is 0 Å². The standard InChI is InChI=1S/C19H22FN3O3S/c1-13(24)21-9-16-12-27-19(22-16)14-3-2-8-23(10-14)18(25)11-26-17-6-4-15(20)5-7-17/h4-7,12,14H,2-3,8-11H2,1H3,(H,21,24). The Balaban J connectivity index is 1.53. The molecule has 1 atom stereocenters. The number of halogens is 1. The van der Waals surface area contributed by atoms with Crippen LogP contribution in [0.4, 0.5) is 4.39 Å². The Kier molecular flexibility index (Phi) is 6.39. The zero-order valence-corrected chi connectivity index (χ0v) is 15.9. The monoisotopic (exact) mass is 391 g/mol. The van der Waals surface area contributed by atoms with Crippen LogP contribution in [0.1, 0.15) is 36.4 Å². The quantitative estimate of drug-likeness (QED) is 0.822. The summed E-state index contributed by atoms with van der Waals surface area (Å²) in [5, 5.41) is 5.68. The minimum Gasteiger partial charge on any atom is -0.484 e. The molecule has 1 aliphatic rings. The lowest BCUT2D eigenvalue weighted by Crippen LogP contribution is -2.41. The molecule has 3 rings (SSSR count). The van der Waals surface area contributed by atoms with E-state index >= 15 is 0 Å². The van der Waals surface area contributed by atoms with Crippen molar-refractivity contribution in [3.05, 3.63) is 46.2 Å². The van der Waals surface area contributed by atoms with Crippen molar-refractivity contribution in [2.24, 2.45) is 0 Å². The van der Waals surface area contributed by atoms with Crippen molar-refractivity contribution < 1.29 is 18.7 Å². The third-order valence-electron chi connectivity index (χ3n) is 4.39. The summed E-state index contributed by atoms with van der Waals surface area (Å²) in [6, 6.07) is 5.62. The molecule has 1 aromatic heterocycles. The second-order valence-electron chi connectivity index (χ2n) is 6.51. The number of rotatable bonds is 6. The second-order valence-corrected chi connectivity index (χ2v) is 7.40. The average molecular weight is 391 g/mol. The van der Waals surface area contributed by atoms with E-state index in [-0.39, 0.29) is 30.2 Å². The number of likely N-dealkylation sites (tertiary alicyclic amines) is 1. The number of amides is 2. The first-order valence-electron chi connectivity index (χ1n) is 8.86. The fraction of sp³-hybridized carbons (Fsp3) is 0.421. The molecule has 0 saturated carbocycles. The zero-order chi connectivity index (χ0) is 19.2. The van der Waals surface area contributed by atoms with Crippen LogP contribution in [0.5, 0.6) is 5.75 Å². The minimum atomic E-state index is -0.339. The summed E-state index contributed by atoms with van der Waals surface area (Å²) in [7, 11) is 0. The molecule has 1 unspecified atom stereocenters. The molecular formula is C19H22FN3O3S. The van der Waals surface area contributed by atoms with Crippen LogP contribution < -0.4 is 10.1 Å². The zero-order valence-electron chi connectivity index (χ0n) is 15.1. The summed E-state index contributed by atoms with van der Waals surface area (Å²) in [4.78, 5) is 29.9. The van der Waals surface area contributed by atoms with Crippen molar-refractivity contribution in [2.45, 2.75) is 32.2 Å². The Hall–Kier alpha value is -2.48. The fourth-order valence-electron chi connectivity index (χ4n) is 2.98. The molecule has 0 spiro atoms. The van der Waals surface area contributed by atoms with Crippen LogP contribution in [-0.2, 0) is 16.1 Å². The fourth-order valence-corrected chi connectivity index (χ4v) is 3.93. The topological polar surface area (TPSA) is 71.5 Å². The summed E-state index contributed by atoms with van der Waals surface area (Å²) in [5.74, 6) is 0.165. The predicted molar refractivity (Wildman–Crippen MR) is 100 cm³/mol. The minimum absolute atomic E-state index is 0.0655. The molecular weight excluding hydrogens is 369 g/mol. The molecule has 0 aliphatic carbocycles. The highest BCUT2D eigenvalue weighted by atomic mass is 32.1. The van der Waals surface area contributed by atoms with Crippen molar-refractivity contribution in [1.82, 2.24) is 15.2 Å². The molecule has 2 aromatic rings. The first-order valence-corrected chi connectivity index (χ1v) is 9.74. The van der Waals surface area contributed by atoms with Crippen LogP contribution >= 0.6 is 11.3 Å². The Morgan fingerprint density at radius 3 is 2.89 bits per heavy atom. The lowest BCUT2D eigenvalue weighted by atomic mass is 9.98. The van der Waals surface area contributed by atoms with Crippen molar-refractivity contribution >= 4 is 23.2 Å². The number of ether oxygens (including phenoxy) is 1. The highest BCUT2D eigenvalue weighted by Gasteiger charge is 2.27. The molecule has 1 saturated heterocycles. The molecule has 0 bridgehead atoms. The van der Waals surface area contributed by atoms with Gasteiger partial charge in [0, 0.05) is 31.3 Å². The Bertz CT molecular complexity index is 794. The molecule has 144 valence electrons. The number of aromatic nitrogens is 1. The van der Waals surface area contributed by atoms with Gasteiger partial charge in [0.05, 0.1) is 17.2 Å². The van der Waals surface area contributed by atoms with Gasteiger partial charge < -0.3 is 15.0 Å². The van der Waals surface area contributed by atoms with Gasteiger partial charge in [-0.1, -0.05) is 0 Å². The maximum Gasteiger partial charge on any atom is 0.260 e. The third-order valence-corrected chi connectivity index (χ3v) is 5.44. The van der Waals surface area contributed by atoms with Gasteiger partial charge in [0.25, 0.3) is 5.91 Å². The van der Waals surface area contributed by atoms with E-state index < -0.39 is 0 Å². The van der Waals surface area contributed by atoms with E-state index in [0.29, 0.717) is 25.4 Å². The number of piperidine rings is 1. The molecule has 2 amide bonds. The number of thiazole rings is 1. The van der Waals surface area contributed by atoms with Crippen LogP contribution in [0.2, 0.25) is 0 Å². The van der Waals surface area contributed by atoms with Crippen LogP contribution in [-0.4, -0.2) is 41.4 Å². The van der Waals surface area contributed by atoms with Gasteiger partial charge in [-0.05, 0) is 37.1 Å². The van der Waals surface area contributed by atoms with Crippen molar-refractivity contribution in [3.63, 3.8) is 0 Å². The number of hydrogen-bond acceptors (Lipinski definition) is 5. The van der Waals surface area contributed by atoms with Gasteiger partial charge in [-0.25, -0.2) is 9.37 Å². The van der Waals surface area contributed by atoms with E-state index in [9.17, 15) is 14.0 Å². The highest BCUT2D eigenvalue weighted by molar-refractivity contribution is 7.09. The Morgan fingerprint density at radius 2 is 2.15 bits per heavy atom. The molecule has 6 nitrogen and oxygen atoms in total. The maximum absolute atomic E-state index is 12.9. The summed E-state index contributed by atoms with van der Waals surface area (Å²) in [6.45, 7) is 3.15. The van der Waals surface area contributed by atoms with Crippen LogP contribution in [0.15, 0.2) is 29.6 Å². The van der Waals surface area contributed by atoms with Gasteiger partial charge in [0.1, 0.15) is 11.6 Å². The van der Waals surface area contributed by atoms with Crippen LogP contribution in [0, 0.1) is 5.82 Å². The normalized spacial score (nSPS) is 16.8. The lowest BCUT2D eigenvalue weighted by Gasteiger charge is -2.31. The predicted octanol–water partition coefficient (Wildman–Crippen LogP) is 2.70. The summed E-state index contributed by atoms with van der Waals surface area (Å²) in [6.07, 6.45) is 1.89. The Morgan fingerprint density at radius 1 is 1.37 bits per heavy atom. The first kappa shape index (κ1) is 19.3. The van der Waals surface area contributed by atoms with Crippen LogP contribution in [0.3, 0.4) is 0 Å². The van der Waals surface area contributed by atoms with E-state index in [4.69, 9.17) is 4.74 Å². The average Bonchev–Trinajstić information content (AvgIpc) is 3.15. The van der Waals surface area contributed by atoms with Crippen molar-refractivity contribution in [1.29, 1.82) is 0 Å². The molecule has 1 aromatic carbocycles. The molecule has 1 aliphatic heterocycles. The van der Waals surface area contributed by atoms with Gasteiger partial charge in [-0.3, -0.25) is 9.59 Å². The third kappa shape index (κ3) is 5.50. The molecule has 8 heteroatoms. The number of nitrogens with zero attached hydrogens (tertiary/aromatic N) is 2. The van der Waals surface area contributed by atoms with E-state index in [1.165, 1.54) is 31.2 Å². The SMILES string of the molecule is CC(=O)NCc1csc(C2CCCN(C(=O)COc3ccc(F)cc3)C2)n1. The number of carbonyl (C=O) groups is 2. The highest BCUT2D eigenvalue weighted by Crippen LogP contribution is 2.29. The molecule has 2 heterocycles. The van der Waals surface area contributed by atoms with Gasteiger partial charge in [-0.15, -0.1) is 11.3 Å². The molecule has 1 fully saturated rings. The number of hydrogen-bond donors (Lipinski definition) is 1. The van der Waals surface area contributed by atoms with Crippen molar-refractivity contribution in [2.75, 3.05) is 19.7 Å². The first-order chi connectivity index (χ1) is 13.0. The molecule has 1 N–H and O–H groups in total. The summed E-state index contributed by atoms with van der Waals surface area (Å²) in [5.41, 5.74) is 0.841. The van der Waals surface area contributed by atoms with Crippen molar-refractivity contribution in [3.8, 4) is 5.75 Å².